The Hall–Kier alpha value is -0.780. The molecule has 0 atom stereocenters. The highest BCUT2D eigenvalue weighted by Gasteiger charge is 2.32. The van der Waals surface area contributed by atoms with Crippen molar-refractivity contribution in [1.82, 2.24) is 0 Å². The van der Waals surface area contributed by atoms with E-state index < -0.39 is 9.35 Å². The van der Waals surface area contributed by atoms with E-state index in [0.717, 1.165) is 0 Å². The van der Waals surface area contributed by atoms with Crippen LogP contribution in [0.4, 0.5) is 5.69 Å². The minimum Gasteiger partial charge on any atom is -0.347 e. The number of para-hydroxylation sites is 1. The summed E-state index contributed by atoms with van der Waals surface area (Å²) in [4.78, 5) is 0.879. The number of hydrogen-bond donors (Lipinski definition) is 2. The molecule has 2 rings (SSSR count). The van der Waals surface area contributed by atoms with Gasteiger partial charge in [0, 0.05) is 6.26 Å². The molecule has 1 aliphatic heterocycles. The van der Waals surface area contributed by atoms with E-state index in [1.165, 1.54) is 6.26 Å². The Bertz CT molecular complexity index is 475. The highest BCUT2D eigenvalue weighted by atomic mass is 32.3. The van der Waals surface area contributed by atoms with Gasteiger partial charge in [0.05, 0.1) is 21.3 Å². The van der Waals surface area contributed by atoms with Gasteiger partial charge in [0.25, 0.3) is 0 Å². The fraction of sp³-hybridized carbons (Fsp3) is 0.222. The predicted octanol–water partition coefficient (Wildman–Crippen LogP) is 1.72. The van der Waals surface area contributed by atoms with Crippen LogP contribution in [0.5, 0.6) is 0 Å². The summed E-state index contributed by atoms with van der Waals surface area (Å²) >= 11 is 4.96. The molecule has 1 aromatic rings. The van der Waals surface area contributed by atoms with E-state index in [2.05, 4.69) is 5.32 Å². The maximum atomic E-state index is 12.3. The Morgan fingerprint density at radius 1 is 1.50 bits per heavy atom. The molecule has 5 heteroatoms. The summed E-state index contributed by atoms with van der Waals surface area (Å²) in [5.74, 6) is 0.0174. The first-order valence-corrected chi connectivity index (χ1v) is 7.04. The third-order valence-electron chi connectivity index (χ3n) is 2.20. The van der Waals surface area contributed by atoms with Gasteiger partial charge in [-0.2, -0.15) is 9.35 Å². The molecule has 0 spiro atoms. The van der Waals surface area contributed by atoms with Crippen molar-refractivity contribution in [2.24, 2.45) is 0 Å². The van der Waals surface area contributed by atoms with Crippen molar-refractivity contribution in [3.8, 4) is 0 Å². The van der Waals surface area contributed by atoms with Gasteiger partial charge in [0.2, 0.25) is 0 Å². The van der Waals surface area contributed by atoms with Gasteiger partial charge in [-0.3, -0.25) is 4.55 Å². The van der Waals surface area contributed by atoms with Crippen molar-refractivity contribution in [3.05, 3.63) is 24.3 Å². The van der Waals surface area contributed by atoms with Crippen LogP contribution in [0.15, 0.2) is 29.2 Å². The first-order valence-electron chi connectivity index (χ1n) is 4.14. The van der Waals surface area contributed by atoms with Crippen LogP contribution in [0.1, 0.15) is 0 Å². The summed E-state index contributed by atoms with van der Waals surface area (Å²) in [6.07, 6.45) is 1.36. The van der Waals surface area contributed by atoms with E-state index in [1.54, 1.807) is 18.2 Å². The average molecular weight is 229 g/mol. The second kappa shape index (κ2) is 2.62. The molecule has 14 heavy (non-hydrogen) atoms. The van der Waals surface area contributed by atoms with Gasteiger partial charge in [0.1, 0.15) is 0 Å². The van der Waals surface area contributed by atoms with Crippen LogP contribution in [0, 0.1) is 0 Å². The summed E-state index contributed by atoms with van der Waals surface area (Å²) in [6, 6.07) is 6.98. The van der Waals surface area contributed by atoms with E-state index in [-0.39, 0.29) is 5.75 Å². The predicted molar refractivity (Wildman–Crippen MR) is 62.5 cm³/mol. The van der Waals surface area contributed by atoms with E-state index in [0.29, 0.717) is 15.6 Å². The molecule has 1 aliphatic rings. The van der Waals surface area contributed by atoms with E-state index >= 15 is 0 Å². The quantitative estimate of drug-likeness (QED) is 0.665. The highest BCUT2D eigenvalue weighted by molar-refractivity contribution is 8.15. The third kappa shape index (κ3) is 1.47. The lowest BCUT2D eigenvalue weighted by atomic mass is 10.3. The molecule has 1 aromatic carbocycles. The average Bonchev–Trinajstić information content (AvgIpc) is 2.00. The zero-order valence-corrected chi connectivity index (χ0v) is 9.32. The monoisotopic (exact) mass is 229 g/mol. The molecule has 0 amide bonds. The lowest BCUT2D eigenvalue weighted by Crippen LogP contribution is -2.44. The van der Waals surface area contributed by atoms with Gasteiger partial charge in [-0.05, 0) is 12.1 Å². The van der Waals surface area contributed by atoms with Crippen molar-refractivity contribution >= 4 is 32.2 Å². The van der Waals surface area contributed by atoms with Crippen LogP contribution in [-0.4, -0.2) is 25.8 Å². The van der Waals surface area contributed by atoms with Crippen LogP contribution in [-0.2, 0) is 9.35 Å². The maximum Gasteiger partial charge on any atom is 0.0988 e. The fourth-order valence-electron chi connectivity index (χ4n) is 1.60. The van der Waals surface area contributed by atoms with Gasteiger partial charge in [-0.25, -0.2) is 4.21 Å². The van der Waals surface area contributed by atoms with Gasteiger partial charge >= 0.3 is 0 Å². The van der Waals surface area contributed by atoms with Gasteiger partial charge in [-0.1, -0.05) is 24.4 Å². The van der Waals surface area contributed by atoms with Crippen LogP contribution >= 0.6 is 12.2 Å². The van der Waals surface area contributed by atoms with Gasteiger partial charge in [-0.15, -0.1) is 0 Å². The summed E-state index contributed by atoms with van der Waals surface area (Å²) in [5, 5.41) is 2.94. The summed E-state index contributed by atoms with van der Waals surface area (Å²) in [6.45, 7) is 0. The lowest BCUT2D eigenvalue weighted by molar-refractivity contribution is 0.523. The third-order valence-corrected chi connectivity index (χ3v) is 5.08. The Morgan fingerprint density at radius 3 is 2.86 bits per heavy atom. The van der Waals surface area contributed by atoms with Crippen molar-refractivity contribution in [1.29, 1.82) is 0 Å². The number of benzene rings is 1. The van der Waals surface area contributed by atoms with E-state index in [1.807, 2.05) is 6.07 Å². The van der Waals surface area contributed by atoms with Crippen molar-refractivity contribution in [2.75, 3.05) is 17.3 Å². The molecule has 1 heterocycles. The van der Waals surface area contributed by atoms with Crippen molar-refractivity contribution in [3.63, 3.8) is 0 Å². The molecule has 3 nitrogen and oxygen atoms in total. The Labute approximate surface area is 87.7 Å². The standard InChI is InChI=1S/C9H11NO2S2/c1-14(11,12)6-9(13)10-7-4-2-3-5-8(7)14/h2-5H,6H2,1H3,(H,10,13)(H,11,12). The molecule has 0 saturated carbocycles. The normalized spacial score (nSPS) is 25.3. The Morgan fingerprint density at radius 2 is 2.14 bits per heavy atom. The smallest absolute Gasteiger partial charge is 0.0988 e. The SMILES string of the molecule is CS1(=O)(O)CC(=S)Nc2ccccc21. The molecule has 0 aliphatic carbocycles. The molecule has 0 fully saturated rings. The largest absolute Gasteiger partial charge is 0.347 e. The minimum absolute atomic E-state index is 0.0174. The molecule has 2 N–H and O–H groups in total. The molecule has 0 saturated heterocycles. The molecule has 0 radical (unpaired) electrons. The minimum atomic E-state index is -3.74. The summed E-state index contributed by atoms with van der Waals surface area (Å²) < 4.78 is 22.4. The Balaban J connectivity index is 2.74. The van der Waals surface area contributed by atoms with Crippen LogP contribution in [0.2, 0.25) is 0 Å². The zero-order chi connectivity index (χ0) is 10.4. The van der Waals surface area contributed by atoms with Crippen LogP contribution in [0.3, 0.4) is 0 Å². The second-order valence-corrected chi connectivity index (χ2v) is 7.86. The molecule has 0 aromatic heterocycles. The highest BCUT2D eigenvalue weighted by Crippen LogP contribution is 2.38. The number of rotatable bonds is 0. The summed E-state index contributed by atoms with van der Waals surface area (Å²) in [7, 11) is -3.74. The van der Waals surface area contributed by atoms with Crippen molar-refractivity contribution < 1.29 is 8.76 Å². The number of fused-ring (bicyclic) bond motifs is 1. The summed E-state index contributed by atoms with van der Waals surface area (Å²) in [5.41, 5.74) is 0.644. The Kier molecular flexibility index (Phi) is 1.83. The van der Waals surface area contributed by atoms with E-state index in [4.69, 9.17) is 12.2 Å². The number of thiocarbonyl (C=S) groups is 1. The topological polar surface area (TPSA) is 49.3 Å². The first-order chi connectivity index (χ1) is 6.37. The molecule has 76 valence electrons. The van der Waals surface area contributed by atoms with Crippen LogP contribution in [0.25, 0.3) is 0 Å². The van der Waals surface area contributed by atoms with Gasteiger partial charge < -0.3 is 5.32 Å². The second-order valence-electron chi connectivity index (χ2n) is 3.67. The molecule has 0 bridgehead atoms. The van der Waals surface area contributed by atoms with Crippen LogP contribution < -0.4 is 5.32 Å². The molecular weight excluding hydrogens is 218 g/mol. The zero-order valence-electron chi connectivity index (χ0n) is 7.69. The number of nitrogens with one attached hydrogen (secondary N) is 1. The van der Waals surface area contributed by atoms with Gasteiger partial charge in [0.15, 0.2) is 0 Å². The molecule has 0 unspecified atom stereocenters. The maximum absolute atomic E-state index is 12.3. The lowest BCUT2D eigenvalue weighted by Gasteiger charge is -2.43. The number of anilines is 1. The first kappa shape index (κ1) is 9.76. The molecular formula is C9H11NO2S2. The fourth-order valence-corrected chi connectivity index (χ4v) is 4.50. The van der Waals surface area contributed by atoms with Crippen molar-refractivity contribution in [2.45, 2.75) is 4.90 Å². The number of hydrogen-bond acceptors (Lipinski definition) is 2. The van der Waals surface area contributed by atoms with E-state index in [9.17, 15) is 8.76 Å².